The van der Waals surface area contributed by atoms with E-state index in [-0.39, 0.29) is 5.92 Å². The first-order valence-corrected chi connectivity index (χ1v) is 4.24. The molecule has 0 fully saturated rings. The normalized spacial score (nSPS) is 15.3. The third-order valence-electron chi connectivity index (χ3n) is 1.32. The smallest absolute Gasteiger partial charge is 0.171 e. The van der Waals surface area contributed by atoms with E-state index in [0.29, 0.717) is 11.8 Å². The van der Waals surface area contributed by atoms with Gasteiger partial charge in [-0.15, -0.1) is 0 Å². The maximum atomic E-state index is 11.7. The van der Waals surface area contributed by atoms with E-state index in [1.807, 2.05) is 0 Å². The van der Waals surface area contributed by atoms with Crippen LogP contribution in [0, 0.1) is 5.92 Å². The van der Waals surface area contributed by atoms with Crippen molar-refractivity contribution in [3.63, 3.8) is 0 Å². The largest absolute Gasteiger partial charge is 0.389 e. The molecule has 0 aromatic rings. The molecule has 0 aliphatic heterocycles. The van der Waals surface area contributed by atoms with Gasteiger partial charge in [-0.2, -0.15) is 13.2 Å². The predicted octanol–water partition coefficient (Wildman–Crippen LogP) is 3.36. The van der Waals surface area contributed by atoms with E-state index in [4.69, 9.17) is 0 Å². The van der Waals surface area contributed by atoms with Gasteiger partial charge in [0.25, 0.3) is 0 Å². The Hall–Kier alpha value is 0.270. The molecule has 4 heteroatoms. The van der Waals surface area contributed by atoms with E-state index in [2.05, 4.69) is 15.9 Å². The van der Waals surface area contributed by atoms with Gasteiger partial charge in [0.15, 0.2) is 0 Å². The van der Waals surface area contributed by atoms with Crippen LogP contribution in [-0.2, 0) is 0 Å². The Morgan fingerprint density at radius 3 is 2.00 bits per heavy atom. The van der Waals surface area contributed by atoms with E-state index >= 15 is 0 Å². The highest BCUT2D eigenvalue weighted by atomic mass is 79.9. The number of rotatable bonds is 3. The molecule has 0 N–H and O–H groups in total. The summed E-state index contributed by atoms with van der Waals surface area (Å²) in [5.41, 5.74) is 0. The van der Waals surface area contributed by atoms with Crippen molar-refractivity contribution in [2.24, 2.45) is 5.92 Å². The van der Waals surface area contributed by atoms with Gasteiger partial charge in [0.1, 0.15) is 0 Å². The van der Waals surface area contributed by atoms with E-state index < -0.39 is 12.6 Å². The molecule has 0 aliphatic carbocycles. The fourth-order valence-corrected chi connectivity index (χ4v) is 1.32. The molecule has 10 heavy (non-hydrogen) atoms. The lowest BCUT2D eigenvalue weighted by Gasteiger charge is -2.13. The molecule has 0 aliphatic rings. The molecule has 0 heterocycles. The zero-order valence-electron chi connectivity index (χ0n) is 5.71. The second kappa shape index (κ2) is 4.21. The second-order valence-electron chi connectivity index (χ2n) is 2.25. The Morgan fingerprint density at radius 2 is 1.90 bits per heavy atom. The topological polar surface area (TPSA) is 0 Å². The van der Waals surface area contributed by atoms with Gasteiger partial charge < -0.3 is 0 Å². The maximum Gasteiger partial charge on any atom is 0.389 e. The minimum Gasteiger partial charge on any atom is -0.171 e. The predicted molar refractivity (Wildman–Crippen MR) is 38.2 cm³/mol. The summed E-state index contributed by atoms with van der Waals surface area (Å²) in [7, 11) is 0. The molecule has 0 bridgehead atoms. The minimum atomic E-state index is -4.01. The van der Waals surface area contributed by atoms with E-state index in [1.54, 1.807) is 6.92 Å². The molecule has 0 aromatic heterocycles. The van der Waals surface area contributed by atoms with Crippen molar-refractivity contribution in [1.29, 1.82) is 0 Å². The summed E-state index contributed by atoms with van der Waals surface area (Å²) in [6.07, 6.45) is -4.10. The molecular weight excluding hydrogens is 209 g/mol. The summed E-state index contributed by atoms with van der Waals surface area (Å²) < 4.78 is 35.0. The molecule has 0 unspecified atom stereocenters. The molecule has 0 nitrogen and oxygen atoms in total. The van der Waals surface area contributed by atoms with Crippen molar-refractivity contribution in [2.45, 2.75) is 25.9 Å². The lowest BCUT2D eigenvalue weighted by atomic mass is 10.1. The molecule has 1 atom stereocenters. The van der Waals surface area contributed by atoms with Crippen molar-refractivity contribution >= 4 is 15.9 Å². The highest BCUT2D eigenvalue weighted by molar-refractivity contribution is 9.09. The summed E-state index contributed by atoms with van der Waals surface area (Å²) in [6, 6.07) is 0. The minimum absolute atomic E-state index is 0.264. The van der Waals surface area contributed by atoms with Crippen LogP contribution in [0.4, 0.5) is 13.2 Å². The summed E-state index contributed by atoms with van der Waals surface area (Å²) in [5.74, 6) is -0.264. The molecular formula is C6H10BrF3. The lowest BCUT2D eigenvalue weighted by molar-refractivity contribution is -0.142. The maximum absolute atomic E-state index is 11.7. The number of halogens is 4. The summed E-state index contributed by atoms with van der Waals surface area (Å²) >= 11 is 3.03. The molecule has 0 saturated carbocycles. The van der Waals surface area contributed by atoms with Crippen molar-refractivity contribution in [2.75, 3.05) is 5.33 Å². The van der Waals surface area contributed by atoms with Crippen LogP contribution >= 0.6 is 15.9 Å². The molecule has 0 saturated heterocycles. The second-order valence-corrected chi connectivity index (χ2v) is 2.90. The van der Waals surface area contributed by atoms with Crippen LogP contribution in [0.3, 0.4) is 0 Å². The summed E-state index contributed by atoms with van der Waals surface area (Å²) in [5, 5.41) is 0.434. The molecule has 0 aromatic carbocycles. The van der Waals surface area contributed by atoms with Gasteiger partial charge in [0, 0.05) is 11.8 Å². The van der Waals surface area contributed by atoms with Gasteiger partial charge >= 0.3 is 6.18 Å². The fourth-order valence-electron chi connectivity index (χ4n) is 0.635. The lowest BCUT2D eigenvalue weighted by Crippen LogP contribution is -2.15. The Kier molecular flexibility index (Phi) is 4.32. The van der Waals surface area contributed by atoms with Crippen LogP contribution < -0.4 is 0 Å². The highest BCUT2D eigenvalue weighted by Gasteiger charge is 2.30. The third-order valence-corrected chi connectivity index (χ3v) is 2.23. The number of hydrogen-bond donors (Lipinski definition) is 0. The average Bonchev–Trinajstić information content (AvgIpc) is 1.81. The third kappa shape index (κ3) is 5.09. The van der Waals surface area contributed by atoms with Crippen LogP contribution in [0.2, 0.25) is 0 Å². The molecule has 0 rings (SSSR count). The quantitative estimate of drug-likeness (QED) is 0.638. The van der Waals surface area contributed by atoms with Crippen molar-refractivity contribution < 1.29 is 13.2 Å². The van der Waals surface area contributed by atoms with Gasteiger partial charge in [0.05, 0.1) is 0 Å². The van der Waals surface area contributed by atoms with Gasteiger partial charge in [-0.25, -0.2) is 0 Å². The Labute approximate surface area is 66.9 Å². The van der Waals surface area contributed by atoms with Gasteiger partial charge in [0.2, 0.25) is 0 Å². The monoisotopic (exact) mass is 218 g/mol. The zero-order chi connectivity index (χ0) is 8.20. The van der Waals surface area contributed by atoms with Crippen molar-refractivity contribution in [1.82, 2.24) is 0 Å². The standard InChI is InChI=1S/C6H10BrF3/c1-2-5(4-7)3-6(8,9)10/h5H,2-4H2,1H3/t5-/m1/s1. The first kappa shape index (κ1) is 10.3. The molecule has 0 spiro atoms. The van der Waals surface area contributed by atoms with Gasteiger partial charge in [-0.3, -0.25) is 0 Å². The van der Waals surface area contributed by atoms with Gasteiger partial charge in [-0.05, 0) is 5.92 Å². The fraction of sp³-hybridized carbons (Fsp3) is 1.00. The summed E-state index contributed by atoms with van der Waals surface area (Å²) in [4.78, 5) is 0. The van der Waals surface area contributed by atoms with E-state index in [1.165, 1.54) is 0 Å². The molecule has 62 valence electrons. The van der Waals surface area contributed by atoms with E-state index in [9.17, 15) is 13.2 Å². The summed E-state index contributed by atoms with van der Waals surface area (Å²) in [6.45, 7) is 1.76. The average molecular weight is 219 g/mol. The Bertz CT molecular complexity index is 85.5. The van der Waals surface area contributed by atoms with Crippen LogP contribution in [0.25, 0.3) is 0 Å². The Balaban J connectivity index is 3.63. The highest BCUT2D eigenvalue weighted by Crippen LogP contribution is 2.27. The van der Waals surface area contributed by atoms with E-state index in [0.717, 1.165) is 0 Å². The van der Waals surface area contributed by atoms with Crippen molar-refractivity contribution in [3.05, 3.63) is 0 Å². The number of hydrogen-bond acceptors (Lipinski definition) is 0. The van der Waals surface area contributed by atoms with Crippen LogP contribution in [-0.4, -0.2) is 11.5 Å². The SMILES string of the molecule is CC[C@@H](CBr)CC(F)(F)F. The first-order valence-electron chi connectivity index (χ1n) is 3.12. The molecule has 0 amide bonds. The zero-order valence-corrected chi connectivity index (χ0v) is 7.30. The van der Waals surface area contributed by atoms with Crippen LogP contribution in [0.1, 0.15) is 19.8 Å². The van der Waals surface area contributed by atoms with Crippen LogP contribution in [0.5, 0.6) is 0 Å². The van der Waals surface area contributed by atoms with Crippen molar-refractivity contribution in [3.8, 4) is 0 Å². The first-order chi connectivity index (χ1) is 4.49. The number of alkyl halides is 4. The molecule has 0 radical (unpaired) electrons. The van der Waals surface area contributed by atoms with Gasteiger partial charge in [-0.1, -0.05) is 29.3 Å². The Morgan fingerprint density at radius 1 is 1.40 bits per heavy atom. The van der Waals surface area contributed by atoms with Crippen LogP contribution in [0.15, 0.2) is 0 Å².